The molecule has 0 amide bonds. The molecule has 0 aliphatic heterocycles. The Labute approximate surface area is 106 Å². The third kappa shape index (κ3) is 4.83. The Kier molecular flexibility index (Phi) is 5.72. The van der Waals surface area contributed by atoms with E-state index in [2.05, 4.69) is 5.32 Å². The molecule has 0 radical (unpaired) electrons. The van der Waals surface area contributed by atoms with Gasteiger partial charge in [-0.25, -0.2) is 0 Å². The van der Waals surface area contributed by atoms with E-state index in [0.29, 0.717) is 17.5 Å². The number of hydrogen-bond acceptors (Lipinski definition) is 6. The molecule has 100 valence electrons. The zero-order valence-corrected chi connectivity index (χ0v) is 11.1. The van der Waals surface area contributed by atoms with E-state index >= 15 is 0 Å². The van der Waals surface area contributed by atoms with Gasteiger partial charge in [0.1, 0.15) is 5.54 Å². The van der Waals surface area contributed by atoms with Gasteiger partial charge >= 0.3 is 5.97 Å². The predicted octanol–water partition coefficient (Wildman–Crippen LogP) is -0.244. The van der Waals surface area contributed by atoms with Crippen LogP contribution >= 0.6 is 11.8 Å². The molecule has 0 bridgehead atoms. The van der Waals surface area contributed by atoms with E-state index in [9.17, 15) is 9.90 Å². The highest BCUT2D eigenvalue weighted by atomic mass is 32.2. The third-order valence-electron chi connectivity index (χ3n) is 2.65. The lowest BCUT2D eigenvalue weighted by Gasteiger charge is -2.28. The van der Waals surface area contributed by atoms with E-state index in [4.69, 9.17) is 9.84 Å². The quantitative estimate of drug-likeness (QED) is 0.524. The summed E-state index contributed by atoms with van der Waals surface area (Å²) in [4.78, 5) is 11.7. The van der Waals surface area contributed by atoms with E-state index in [1.54, 1.807) is 0 Å². The summed E-state index contributed by atoms with van der Waals surface area (Å²) in [6.07, 6.45) is 1.45. The second kappa shape index (κ2) is 6.58. The van der Waals surface area contributed by atoms with Crippen molar-refractivity contribution in [1.82, 2.24) is 5.32 Å². The van der Waals surface area contributed by atoms with Gasteiger partial charge in [0.25, 0.3) is 0 Å². The number of rotatable bonds is 8. The minimum Gasteiger partial charge on any atom is -0.468 e. The second-order valence-corrected chi connectivity index (χ2v) is 5.62. The molecule has 0 heterocycles. The number of methoxy groups -OCH3 is 1. The SMILES string of the molecule is COC(=O)C(C)(CSCC(O)CO)NC1CC1. The fourth-order valence-electron chi connectivity index (χ4n) is 1.51. The molecule has 0 aromatic rings. The molecular weight excluding hydrogens is 242 g/mol. The number of aliphatic hydroxyl groups excluding tert-OH is 2. The number of nitrogens with one attached hydrogen (secondary N) is 1. The third-order valence-corrected chi connectivity index (χ3v) is 4.05. The first kappa shape index (κ1) is 14.8. The summed E-state index contributed by atoms with van der Waals surface area (Å²) in [7, 11) is 1.38. The monoisotopic (exact) mass is 263 g/mol. The van der Waals surface area contributed by atoms with Crippen LogP contribution in [0.15, 0.2) is 0 Å². The highest BCUT2D eigenvalue weighted by Crippen LogP contribution is 2.25. The van der Waals surface area contributed by atoms with Gasteiger partial charge in [-0.2, -0.15) is 11.8 Å². The van der Waals surface area contributed by atoms with Crippen LogP contribution in [0.3, 0.4) is 0 Å². The molecule has 0 spiro atoms. The smallest absolute Gasteiger partial charge is 0.326 e. The van der Waals surface area contributed by atoms with Crippen LogP contribution in [-0.4, -0.2) is 59.1 Å². The fourth-order valence-corrected chi connectivity index (χ4v) is 2.62. The second-order valence-electron chi connectivity index (χ2n) is 4.59. The maximum absolute atomic E-state index is 11.7. The van der Waals surface area contributed by atoms with Gasteiger partial charge < -0.3 is 14.9 Å². The highest BCUT2D eigenvalue weighted by molar-refractivity contribution is 7.99. The maximum atomic E-state index is 11.7. The molecular formula is C11H21NO4S. The zero-order chi connectivity index (χ0) is 12.9. The predicted molar refractivity (Wildman–Crippen MR) is 67.0 cm³/mol. The molecule has 0 saturated heterocycles. The van der Waals surface area contributed by atoms with Crippen molar-refractivity contribution in [2.24, 2.45) is 0 Å². The summed E-state index contributed by atoms with van der Waals surface area (Å²) in [5.41, 5.74) is -0.713. The Balaban J connectivity index is 2.42. The number of aliphatic hydroxyl groups is 2. The molecule has 1 fully saturated rings. The maximum Gasteiger partial charge on any atom is 0.326 e. The molecule has 6 heteroatoms. The summed E-state index contributed by atoms with van der Waals surface area (Å²) in [6, 6.07) is 0.405. The van der Waals surface area contributed by atoms with Crippen molar-refractivity contribution in [3.05, 3.63) is 0 Å². The molecule has 0 aromatic carbocycles. The first-order chi connectivity index (χ1) is 8.01. The van der Waals surface area contributed by atoms with Gasteiger partial charge in [0.2, 0.25) is 0 Å². The standard InChI is InChI=1S/C11H21NO4S/c1-11(10(15)16-2,12-8-3-4-8)7-17-6-9(14)5-13/h8-9,12-14H,3-7H2,1-2H3. The van der Waals surface area contributed by atoms with Crippen LogP contribution in [0.5, 0.6) is 0 Å². The average Bonchev–Trinajstić information content (AvgIpc) is 3.11. The van der Waals surface area contributed by atoms with Gasteiger partial charge in [-0.1, -0.05) is 0 Å². The van der Waals surface area contributed by atoms with Crippen molar-refractivity contribution in [1.29, 1.82) is 0 Å². The first-order valence-corrected chi connectivity index (χ1v) is 6.90. The van der Waals surface area contributed by atoms with Crippen molar-refractivity contribution in [3.8, 4) is 0 Å². The van der Waals surface area contributed by atoms with Gasteiger partial charge in [-0.05, 0) is 19.8 Å². The van der Waals surface area contributed by atoms with Crippen LogP contribution in [-0.2, 0) is 9.53 Å². The van der Waals surface area contributed by atoms with Crippen LogP contribution in [0.2, 0.25) is 0 Å². The minimum atomic E-state index is -0.733. The summed E-state index contributed by atoms with van der Waals surface area (Å²) < 4.78 is 4.80. The zero-order valence-electron chi connectivity index (χ0n) is 10.3. The molecule has 1 aliphatic carbocycles. The Morgan fingerprint density at radius 1 is 1.65 bits per heavy atom. The van der Waals surface area contributed by atoms with E-state index in [1.807, 2.05) is 6.92 Å². The number of thioether (sulfide) groups is 1. The van der Waals surface area contributed by atoms with Crippen LogP contribution in [0.1, 0.15) is 19.8 Å². The van der Waals surface area contributed by atoms with Gasteiger partial charge in [0.05, 0.1) is 19.8 Å². The van der Waals surface area contributed by atoms with Gasteiger partial charge in [0.15, 0.2) is 0 Å². The molecule has 2 unspecified atom stereocenters. The number of esters is 1. The summed E-state index contributed by atoms with van der Waals surface area (Å²) >= 11 is 1.43. The lowest BCUT2D eigenvalue weighted by molar-refractivity contribution is -0.147. The van der Waals surface area contributed by atoms with Crippen LogP contribution in [0.4, 0.5) is 0 Å². The molecule has 2 atom stereocenters. The van der Waals surface area contributed by atoms with Crippen LogP contribution in [0.25, 0.3) is 0 Å². The van der Waals surface area contributed by atoms with Crippen molar-refractivity contribution in [2.75, 3.05) is 25.2 Å². The van der Waals surface area contributed by atoms with Crippen molar-refractivity contribution in [2.45, 2.75) is 37.5 Å². The number of ether oxygens (including phenoxy) is 1. The van der Waals surface area contributed by atoms with Gasteiger partial charge in [-0.3, -0.25) is 10.1 Å². The van der Waals surface area contributed by atoms with Crippen LogP contribution in [0, 0.1) is 0 Å². The molecule has 1 aliphatic rings. The largest absolute Gasteiger partial charge is 0.468 e. The molecule has 0 aromatic heterocycles. The lowest BCUT2D eigenvalue weighted by atomic mass is 10.1. The molecule has 1 saturated carbocycles. The molecule has 5 nitrogen and oxygen atoms in total. The number of hydrogen-bond donors (Lipinski definition) is 3. The van der Waals surface area contributed by atoms with Crippen LogP contribution < -0.4 is 5.32 Å². The van der Waals surface area contributed by atoms with E-state index < -0.39 is 11.6 Å². The number of carbonyl (C=O) groups is 1. The minimum absolute atomic E-state index is 0.252. The summed E-state index contributed by atoms with van der Waals surface area (Å²) in [5.74, 6) is 0.651. The fraction of sp³-hybridized carbons (Fsp3) is 0.909. The molecule has 3 N–H and O–H groups in total. The lowest BCUT2D eigenvalue weighted by Crippen LogP contribution is -2.53. The summed E-state index contributed by atoms with van der Waals surface area (Å²) in [5, 5.41) is 21.2. The van der Waals surface area contributed by atoms with E-state index in [-0.39, 0.29) is 12.6 Å². The van der Waals surface area contributed by atoms with E-state index in [0.717, 1.165) is 12.8 Å². The van der Waals surface area contributed by atoms with E-state index in [1.165, 1.54) is 18.9 Å². The first-order valence-electron chi connectivity index (χ1n) is 5.74. The Bertz CT molecular complexity index is 260. The Morgan fingerprint density at radius 2 is 2.29 bits per heavy atom. The summed E-state index contributed by atoms with van der Waals surface area (Å²) in [6.45, 7) is 1.56. The molecule has 17 heavy (non-hydrogen) atoms. The Hall–Kier alpha value is -0.300. The number of carbonyl (C=O) groups excluding carboxylic acids is 1. The normalized spacial score (nSPS) is 20.7. The molecule has 1 rings (SSSR count). The van der Waals surface area contributed by atoms with Gasteiger partial charge in [0, 0.05) is 17.5 Å². The van der Waals surface area contributed by atoms with Crippen molar-refractivity contribution >= 4 is 17.7 Å². The van der Waals surface area contributed by atoms with Crippen molar-refractivity contribution < 1.29 is 19.7 Å². The van der Waals surface area contributed by atoms with Crippen molar-refractivity contribution in [3.63, 3.8) is 0 Å². The highest BCUT2D eigenvalue weighted by Gasteiger charge is 2.39. The van der Waals surface area contributed by atoms with Gasteiger partial charge in [-0.15, -0.1) is 0 Å². The average molecular weight is 263 g/mol. The topological polar surface area (TPSA) is 78.8 Å². The Morgan fingerprint density at radius 3 is 2.76 bits per heavy atom.